The molecule has 0 unspecified atom stereocenters. The number of ether oxygens (including phenoxy) is 5. The molecule has 20 heteroatoms. The van der Waals surface area contributed by atoms with Crippen molar-refractivity contribution in [2.45, 2.75) is 106 Å². The summed E-state index contributed by atoms with van der Waals surface area (Å²) >= 11 is 0. The van der Waals surface area contributed by atoms with Crippen molar-refractivity contribution in [2.75, 3.05) is 13.2 Å². The van der Waals surface area contributed by atoms with Crippen LogP contribution in [0.3, 0.4) is 0 Å². The number of carbonyl (C=O) groups is 1. The van der Waals surface area contributed by atoms with Crippen molar-refractivity contribution >= 4 is 16.3 Å². The number of hydrogen-bond donors (Lipinski definition) is 10. The van der Waals surface area contributed by atoms with E-state index in [0.717, 1.165) is 6.92 Å². The van der Waals surface area contributed by atoms with Gasteiger partial charge in [0.1, 0.15) is 67.1 Å². The summed E-state index contributed by atoms with van der Waals surface area (Å²) in [5.74, 6) is -0.717. The molecule has 3 saturated heterocycles. The maximum absolute atomic E-state index is 11.6. The molecule has 3 aliphatic heterocycles. The lowest BCUT2D eigenvalue weighted by molar-refractivity contribution is -0.381. The van der Waals surface area contributed by atoms with Crippen LogP contribution in [0.15, 0.2) is 0 Å². The highest BCUT2D eigenvalue weighted by Crippen LogP contribution is 2.33. The van der Waals surface area contributed by atoms with Crippen molar-refractivity contribution in [2.24, 2.45) is 0 Å². The first kappa shape index (κ1) is 33.3. The fourth-order valence-electron chi connectivity index (χ4n) is 4.53. The number of nitrogens with one attached hydrogen (secondary N) is 1. The summed E-state index contributed by atoms with van der Waals surface area (Å²) in [7, 11) is -5.05. The van der Waals surface area contributed by atoms with E-state index in [1.807, 2.05) is 0 Å². The molecule has 15 atom stereocenters. The molecule has 0 spiro atoms. The maximum Gasteiger partial charge on any atom is 0.397 e. The maximum atomic E-state index is 11.6. The van der Waals surface area contributed by atoms with Crippen LogP contribution in [0.4, 0.5) is 0 Å². The molecule has 3 fully saturated rings. The van der Waals surface area contributed by atoms with Crippen molar-refractivity contribution < 1.29 is 86.5 Å². The monoisotopic (exact) mass is 609 g/mol. The molecule has 0 aliphatic carbocycles. The Hall–Kier alpha value is -1.18. The third-order valence-corrected chi connectivity index (χ3v) is 7.09. The number of aliphatic hydroxyl groups is 8. The zero-order valence-electron chi connectivity index (χ0n) is 21.2. The van der Waals surface area contributed by atoms with Gasteiger partial charge in [-0.25, -0.2) is 4.18 Å². The fourth-order valence-corrected chi connectivity index (χ4v) is 4.83. The molecule has 3 aliphatic rings. The van der Waals surface area contributed by atoms with E-state index in [1.54, 1.807) is 0 Å². The summed E-state index contributed by atoms with van der Waals surface area (Å²) < 4.78 is 62.9. The Morgan fingerprint density at radius 2 is 1.43 bits per heavy atom. The van der Waals surface area contributed by atoms with E-state index in [1.165, 1.54) is 6.92 Å². The van der Waals surface area contributed by atoms with Crippen LogP contribution >= 0.6 is 0 Å². The third-order valence-electron chi connectivity index (χ3n) is 6.66. The summed E-state index contributed by atoms with van der Waals surface area (Å²) in [6, 6.07) is -1.56. The predicted molar refractivity (Wildman–Crippen MR) is 122 cm³/mol. The second-order valence-electron chi connectivity index (χ2n) is 9.58. The number of aliphatic hydroxyl groups excluding tert-OH is 8. The summed E-state index contributed by atoms with van der Waals surface area (Å²) in [5.41, 5.74) is 0. The van der Waals surface area contributed by atoms with Crippen LogP contribution in [0.25, 0.3) is 0 Å². The first-order valence-corrected chi connectivity index (χ1v) is 13.5. The number of hydrogen-bond acceptors (Lipinski definition) is 17. The molecule has 0 saturated carbocycles. The summed E-state index contributed by atoms with van der Waals surface area (Å²) in [6.07, 6.45) is -24.1. The van der Waals surface area contributed by atoms with Gasteiger partial charge in [0.25, 0.3) is 0 Å². The zero-order valence-corrected chi connectivity index (χ0v) is 22.0. The predicted octanol–water partition coefficient (Wildman–Crippen LogP) is -6.57. The van der Waals surface area contributed by atoms with Crippen molar-refractivity contribution in [1.82, 2.24) is 5.32 Å². The van der Waals surface area contributed by atoms with Gasteiger partial charge in [-0.2, -0.15) is 8.42 Å². The van der Waals surface area contributed by atoms with Gasteiger partial charge in [-0.05, 0) is 6.92 Å². The van der Waals surface area contributed by atoms with Gasteiger partial charge in [0, 0.05) is 6.92 Å². The topological polar surface area (TPSA) is 301 Å². The van der Waals surface area contributed by atoms with E-state index in [2.05, 4.69) is 9.50 Å². The lowest BCUT2D eigenvalue weighted by atomic mass is 9.95. The highest BCUT2D eigenvalue weighted by atomic mass is 32.3. The van der Waals surface area contributed by atoms with Crippen molar-refractivity contribution in [3.63, 3.8) is 0 Å². The van der Waals surface area contributed by atoms with Crippen LogP contribution in [-0.4, -0.2) is 165 Å². The van der Waals surface area contributed by atoms with Crippen LogP contribution in [0.2, 0.25) is 0 Å². The minimum atomic E-state index is -5.05. The summed E-state index contributed by atoms with van der Waals surface area (Å²) in [5, 5.41) is 84.6. The largest absolute Gasteiger partial charge is 0.397 e. The Labute approximate surface area is 227 Å². The van der Waals surface area contributed by atoms with Gasteiger partial charge in [0.05, 0.1) is 19.3 Å². The molecular formula is C20H35NO18S. The highest BCUT2D eigenvalue weighted by molar-refractivity contribution is 7.80. The number of amides is 1. The smallest absolute Gasteiger partial charge is 0.394 e. The lowest BCUT2D eigenvalue weighted by Crippen LogP contribution is -2.68. The van der Waals surface area contributed by atoms with Crippen LogP contribution in [0.1, 0.15) is 13.8 Å². The molecule has 0 aromatic heterocycles. The quantitative estimate of drug-likeness (QED) is 0.109. The first-order chi connectivity index (χ1) is 18.5. The Morgan fingerprint density at radius 3 is 2.00 bits per heavy atom. The molecule has 1 amide bonds. The van der Waals surface area contributed by atoms with E-state index in [9.17, 15) is 54.1 Å². The minimum absolute atomic E-state index is 0.717. The zero-order chi connectivity index (χ0) is 30.1. The van der Waals surface area contributed by atoms with Gasteiger partial charge >= 0.3 is 10.4 Å². The van der Waals surface area contributed by atoms with Crippen LogP contribution < -0.4 is 5.32 Å². The second-order valence-corrected chi connectivity index (χ2v) is 10.7. The molecule has 234 valence electrons. The molecule has 40 heavy (non-hydrogen) atoms. The molecule has 3 rings (SSSR count). The Morgan fingerprint density at radius 1 is 0.800 bits per heavy atom. The number of carbonyl (C=O) groups excluding carboxylic acids is 1. The molecule has 0 aromatic rings. The SMILES string of the molecule is CC(=O)N[C@@H]1[C@@H](O)[C@H](O[C@@H]2O[C@H](CO)[C@H](O)[C@H](O)[C@H]2O[C@@H]2O[C@@H](C)[C@@H](O)[C@@H](O)[C@@H]2O)[C@@H](COS(=O)(=O)O)O[C@H]1O. The summed E-state index contributed by atoms with van der Waals surface area (Å²) in [6.45, 7) is 0.505. The van der Waals surface area contributed by atoms with E-state index >= 15 is 0 Å². The van der Waals surface area contributed by atoms with E-state index < -0.39 is 122 Å². The molecular weight excluding hydrogens is 574 g/mol. The first-order valence-electron chi connectivity index (χ1n) is 12.1. The van der Waals surface area contributed by atoms with Gasteiger partial charge in [-0.3, -0.25) is 9.35 Å². The third kappa shape index (κ3) is 7.60. The normalized spacial score (nSPS) is 46.6. The molecule has 10 N–H and O–H groups in total. The number of rotatable bonds is 9. The Bertz CT molecular complexity index is 956. The molecule has 0 bridgehead atoms. The average molecular weight is 610 g/mol. The lowest BCUT2D eigenvalue weighted by Gasteiger charge is -2.48. The van der Waals surface area contributed by atoms with Crippen molar-refractivity contribution in [3.05, 3.63) is 0 Å². The van der Waals surface area contributed by atoms with Crippen molar-refractivity contribution in [3.8, 4) is 0 Å². The van der Waals surface area contributed by atoms with E-state index in [4.69, 9.17) is 28.2 Å². The Kier molecular flexibility index (Phi) is 11.2. The molecule has 0 radical (unpaired) electrons. The standard InChI is InChI=1S/C20H35NO18S/c1-5-10(24)13(27)15(29)19(35-5)39-17-14(28)11(25)7(3-22)37-20(17)38-16-8(4-34-40(31,32)33)36-18(30)9(12(16)26)21-6(2)23/h5,7-20,22,24-30H,3-4H2,1-2H3,(H,21,23)(H,31,32,33)/t5-,7+,8+,9+,10+,11-,12+,13+,14-,15-,16+,17+,18+,19-,20-/m0/s1. The van der Waals surface area contributed by atoms with Crippen LogP contribution in [0, 0.1) is 0 Å². The van der Waals surface area contributed by atoms with Gasteiger partial charge in [-0.1, -0.05) is 0 Å². The fraction of sp³-hybridized carbons (Fsp3) is 0.950. The highest BCUT2D eigenvalue weighted by Gasteiger charge is 2.54. The molecule has 0 aromatic carbocycles. The van der Waals surface area contributed by atoms with Crippen LogP contribution in [-0.2, 0) is 43.1 Å². The second kappa shape index (κ2) is 13.4. The Balaban J connectivity index is 1.91. The molecule has 19 nitrogen and oxygen atoms in total. The van der Waals surface area contributed by atoms with Crippen LogP contribution in [0.5, 0.6) is 0 Å². The average Bonchev–Trinajstić information content (AvgIpc) is 2.87. The van der Waals surface area contributed by atoms with E-state index in [0.29, 0.717) is 0 Å². The van der Waals surface area contributed by atoms with Gasteiger partial charge < -0.3 is 69.9 Å². The van der Waals surface area contributed by atoms with Gasteiger partial charge in [-0.15, -0.1) is 0 Å². The van der Waals surface area contributed by atoms with Gasteiger partial charge in [0.15, 0.2) is 18.9 Å². The van der Waals surface area contributed by atoms with E-state index in [-0.39, 0.29) is 0 Å². The summed E-state index contributed by atoms with van der Waals surface area (Å²) in [4.78, 5) is 11.6. The molecule has 3 heterocycles. The van der Waals surface area contributed by atoms with Gasteiger partial charge in [0.2, 0.25) is 5.91 Å². The van der Waals surface area contributed by atoms with Crippen molar-refractivity contribution in [1.29, 1.82) is 0 Å². The minimum Gasteiger partial charge on any atom is -0.394 e.